The molecule has 0 radical (unpaired) electrons. The summed E-state index contributed by atoms with van der Waals surface area (Å²) in [5, 5.41) is 6.50. The van der Waals surface area contributed by atoms with Gasteiger partial charge in [-0.2, -0.15) is 0 Å². The number of halogens is 1. The van der Waals surface area contributed by atoms with E-state index in [4.69, 9.17) is 11.6 Å². The zero-order valence-electron chi connectivity index (χ0n) is 14.3. The molecule has 5 heteroatoms. The highest BCUT2D eigenvalue weighted by Crippen LogP contribution is 2.39. The minimum Gasteiger partial charge on any atom is -0.352 e. The number of hydrogen-bond donors (Lipinski definition) is 2. The molecule has 0 spiro atoms. The Kier molecular flexibility index (Phi) is 5.09. The molecule has 25 heavy (non-hydrogen) atoms. The van der Waals surface area contributed by atoms with Crippen molar-refractivity contribution in [2.24, 2.45) is 11.8 Å². The highest BCUT2D eigenvalue weighted by atomic mass is 35.5. The summed E-state index contributed by atoms with van der Waals surface area (Å²) in [5.41, 5.74) is 3.98. The fourth-order valence-corrected chi connectivity index (χ4v) is 2.93. The lowest BCUT2D eigenvalue weighted by atomic mass is 10.1. The Bertz CT molecular complexity index is 802. The fraction of sp³-hybridized carbons (Fsp3) is 0.300. The van der Waals surface area contributed by atoms with Crippen LogP contribution in [-0.4, -0.2) is 11.8 Å². The predicted molar refractivity (Wildman–Crippen MR) is 99.4 cm³/mol. The molecule has 0 aliphatic heterocycles. The van der Waals surface area contributed by atoms with Gasteiger partial charge in [0.05, 0.1) is 11.8 Å². The molecule has 2 unspecified atom stereocenters. The maximum Gasteiger partial charge on any atom is 0.228 e. The van der Waals surface area contributed by atoms with Crippen LogP contribution in [0.3, 0.4) is 0 Å². The number of carbonyl (C=O) groups is 2. The monoisotopic (exact) mass is 356 g/mol. The summed E-state index contributed by atoms with van der Waals surface area (Å²) in [6.45, 7) is 4.43. The fourth-order valence-electron chi connectivity index (χ4n) is 2.81. The first-order valence-corrected chi connectivity index (χ1v) is 8.72. The van der Waals surface area contributed by atoms with Gasteiger partial charge >= 0.3 is 0 Å². The molecule has 1 aliphatic carbocycles. The van der Waals surface area contributed by atoms with E-state index in [2.05, 4.69) is 10.6 Å². The summed E-state index contributed by atoms with van der Waals surface area (Å²) in [5.74, 6) is -0.640. The molecule has 1 saturated carbocycles. The lowest BCUT2D eigenvalue weighted by molar-refractivity contribution is -0.125. The molecule has 2 N–H and O–H groups in total. The topological polar surface area (TPSA) is 58.2 Å². The van der Waals surface area contributed by atoms with Crippen LogP contribution in [0.25, 0.3) is 0 Å². The second-order valence-electron chi connectivity index (χ2n) is 6.53. The van der Waals surface area contributed by atoms with Crippen LogP contribution in [0.4, 0.5) is 5.69 Å². The Hall–Kier alpha value is -2.33. The van der Waals surface area contributed by atoms with E-state index in [9.17, 15) is 9.59 Å². The lowest BCUT2D eigenvalue weighted by Crippen LogP contribution is -2.27. The third-order valence-electron chi connectivity index (χ3n) is 4.71. The third-order valence-corrected chi connectivity index (χ3v) is 4.96. The molecule has 1 fully saturated rings. The highest BCUT2D eigenvalue weighted by Gasteiger charge is 2.47. The van der Waals surface area contributed by atoms with E-state index in [0.717, 1.165) is 22.4 Å². The van der Waals surface area contributed by atoms with E-state index in [1.54, 1.807) is 12.1 Å². The molecule has 2 aromatic rings. The Labute approximate surface area is 152 Å². The first-order chi connectivity index (χ1) is 12.0. The van der Waals surface area contributed by atoms with Gasteiger partial charge in [0.25, 0.3) is 0 Å². The Balaban J connectivity index is 1.51. The molecule has 0 aromatic heterocycles. The van der Waals surface area contributed by atoms with Gasteiger partial charge in [-0.3, -0.25) is 9.59 Å². The minimum absolute atomic E-state index is 0.0731. The van der Waals surface area contributed by atoms with Gasteiger partial charge in [0.15, 0.2) is 0 Å². The summed E-state index contributed by atoms with van der Waals surface area (Å²) < 4.78 is 0. The largest absolute Gasteiger partial charge is 0.352 e. The molecule has 2 aromatic carbocycles. The molecule has 0 bridgehead atoms. The van der Waals surface area contributed by atoms with Gasteiger partial charge in [-0.15, -0.1) is 0 Å². The van der Waals surface area contributed by atoms with Crippen molar-refractivity contribution < 1.29 is 9.59 Å². The molecule has 0 heterocycles. The summed E-state index contributed by atoms with van der Waals surface area (Å²) in [6, 6.07) is 13.1. The Morgan fingerprint density at radius 1 is 1.04 bits per heavy atom. The average molecular weight is 357 g/mol. The summed E-state index contributed by atoms with van der Waals surface area (Å²) in [6.07, 6.45) is 0.600. The number of anilines is 1. The Morgan fingerprint density at radius 3 is 2.44 bits per heavy atom. The zero-order chi connectivity index (χ0) is 18.0. The summed E-state index contributed by atoms with van der Waals surface area (Å²) in [4.78, 5) is 24.6. The molecule has 2 amide bonds. The van der Waals surface area contributed by atoms with Gasteiger partial charge in [0, 0.05) is 17.3 Å². The van der Waals surface area contributed by atoms with Crippen LogP contribution in [0.2, 0.25) is 5.02 Å². The van der Waals surface area contributed by atoms with Gasteiger partial charge in [-0.1, -0.05) is 35.9 Å². The van der Waals surface area contributed by atoms with E-state index in [0.29, 0.717) is 18.0 Å². The number of rotatable bonds is 5. The second-order valence-corrected chi connectivity index (χ2v) is 6.97. The van der Waals surface area contributed by atoms with Crippen molar-refractivity contribution in [3.8, 4) is 0 Å². The van der Waals surface area contributed by atoms with E-state index >= 15 is 0 Å². The van der Waals surface area contributed by atoms with Crippen LogP contribution >= 0.6 is 11.6 Å². The van der Waals surface area contributed by atoms with Crippen molar-refractivity contribution >= 4 is 29.1 Å². The number of hydrogen-bond acceptors (Lipinski definition) is 2. The number of nitrogens with one attached hydrogen (secondary N) is 2. The number of carbonyl (C=O) groups excluding carboxylic acids is 2. The molecule has 1 aliphatic rings. The molecule has 3 rings (SSSR count). The van der Waals surface area contributed by atoms with E-state index in [-0.39, 0.29) is 23.7 Å². The smallest absolute Gasteiger partial charge is 0.228 e. The minimum atomic E-state index is -0.245. The van der Waals surface area contributed by atoms with E-state index < -0.39 is 0 Å². The Morgan fingerprint density at radius 2 is 1.72 bits per heavy atom. The van der Waals surface area contributed by atoms with E-state index in [1.807, 2.05) is 44.2 Å². The van der Waals surface area contributed by atoms with Gasteiger partial charge in [0.2, 0.25) is 11.8 Å². The predicted octanol–water partition coefficient (Wildman–Crippen LogP) is 3.85. The van der Waals surface area contributed by atoms with Crippen LogP contribution in [0.15, 0.2) is 42.5 Å². The standard InChI is InChI=1S/C20H21ClN2O2/c1-12-4-3-5-18(13(12)2)23-20(25)17-10-16(17)19(24)22-11-14-6-8-15(21)9-7-14/h3-9,16-17H,10-11H2,1-2H3,(H,22,24)(H,23,25). The van der Waals surface area contributed by atoms with Crippen LogP contribution < -0.4 is 10.6 Å². The molecular weight excluding hydrogens is 336 g/mol. The maximum atomic E-state index is 12.4. The van der Waals surface area contributed by atoms with Crippen molar-refractivity contribution in [2.45, 2.75) is 26.8 Å². The average Bonchev–Trinajstić information content (AvgIpc) is 3.39. The number of aryl methyl sites for hydroxylation is 1. The lowest BCUT2D eigenvalue weighted by Gasteiger charge is -2.10. The van der Waals surface area contributed by atoms with Gasteiger partial charge < -0.3 is 10.6 Å². The SMILES string of the molecule is Cc1cccc(NC(=O)C2CC2C(=O)NCc2ccc(Cl)cc2)c1C. The van der Waals surface area contributed by atoms with Crippen LogP contribution in [0.1, 0.15) is 23.1 Å². The van der Waals surface area contributed by atoms with Crippen molar-refractivity contribution in [1.29, 1.82) is 0 Å². The van der Waals surface area contributed by atoms with Gasteiger partial charge in [0.1, 0.15) is 0 Å². The van der Waals surface area contributed by atoms with Crippen molar-refractivity contribution in [3.63, 3.8) is 0 Å². The molecular formula is C20H21ClN2O2. The molecule has 130 valence electrons. The van der Waals surface area contributed by atoms with Crippen molar-refractivity contribution in [3.05, 3.63) is 64.2 Å². The van der Waals surface area contributed by atoms with Crippen LogP contribution in [0, 0.1) is 25.7 Å². The first kappa shape index (κ1) is 17.5. The van der Waals surface area contributed by atoms with Crippen molar-refractivity contribution in [1.82, 2.24) is 5.32 Å². The zero-order valence-corrected chi connectivity index (χ0v) is 15.1. The van der Waals surface area contributed by atoms with Crippen LogP contribution in [0.5, 0.6) is 0 Å². The number of benzene rings is 2. The third kappa shape index (κ3) is 4.20. The number of amides is 2. The second kappa shape index (κ2) is 7.28. The maximum absolute atomic E-state index is 12.4. The molecule has 0 saturated heterocycles. The van der Waals surface area contributed by atoms with Crippen LogP contribution in [-0.2, 0) is 16.1 Å². The normalized spacial score (nSPS) is 18.5. The molecule has 2 atom stereocenters. The molecule has 4 nitrogen and oxygen atoms in total. The van der Waals surface area contributed by atoms with Gasteiger partial charge in [-0.25, -0.2) is 0 Å². The first-order valence-electron chi connectivity index (χ1n) is 8.35. The van der Waals surface area contributed by atoms with Crippen molar-refractivity contribution in [2.75, 3.05) is 5.32 Å². The summed E-state index contributed by atoms with van der Waals surface area (Å²) in [7, 11) is 0. The summed E-state index contributed by atoms with van der Waals surface area (Å²) >= 11 is 5.84. The quantitative estimate of drug-likeness (QED) is 0.854. The highest BCUT2D eigenvalue weighted by molar-refractivity contribution is 6.30. The van der Waals surface area contributed by atoms with E-state index in [1.165, 1.54) is 0 Å². The van der Waals surface area contributed by atoms with Gasteiger partial charge in [-0.05, 0) is 55.2 Å².